The Hall–Kier alpha value is -1.40. The summed E-state index contributed by atoms with van der Waals surface area (Å²) >= 11 is 0. The van der Waals surface area contributed by atoms with Gasteiger partial charge < -0.3 is 4.90 Å². The van der Waals surface area contributed by atoms with Gasteiger partial charge in [-0.2, -0.15) is 0 Å². The van der Waals surface area contributed by atoms with Crippen molar-refractivity contribution >= 4 is 21.6 Å². The molecule has 1 aromatic carbocycles. The molecule has 0 saturated carbocycles. The van der Waals surface area contributed by atoms with Gasteiger partial charge in [-0.25, -0.2) is 13.1 Å². The van der Waals surface area contributed by atoms with Gasteiger partial charge in [-0.3, -0.25) is 4.79 Å². The van der Waals surface area contributed by atoms with Crippen molar-refractivity contribution < 1.29 is 13.2 Å². The van der Waals surface area contributed by atoms with Crippen LogP contribution in [-0.4, -0.2) is 26.9 Å². The molecule has 1 aliphatic heterocycles. The van der Waals surface area contributed by atoms with Crippen LogP contribution in [0.2, 0.25) is 0 Å². The number of carbonyl (C=O) groups is 1. The zero-order chi connectivity index (χ0) is 14.2. The molecule has 0 bridgehead atoms. The highest BCUT2D eigenvalue weighted by atomic mass is 32.2. The molecule has 0 radical (unpaired) electrons. The summed E-state index contributed by atoms with van der Waals surface area (Å²) in [7, 11) is -3.52. The van der Waals surface area contributed by atoms with E-state index in [1.807, 2.05) is 0 Å². The third-order valence-corrected chi connectivity index (χ3v) is 4.79. The summed E-state index contributed by atoms with van der Waals surface area (Å²) in [5.41, 5.74) is 1.44. The SMILES string of the molecule is CC(=O)N1CCc2c1cccc2S(=O)(=O)NC(C)C. The van der Waals surface area contributed by atoms with Crippen LogP contribution in [0.1, 0.15) is 26.3 Å². The molecule has 1 heterocycles. The second-order valence-corrected chi connectivity index (χ2v) is 6.63. The first kappa shape index (κ1) is 14.0. The van der Waals surface area contributed by atoms with Crippen molar-refractivity contribution in [2.45, 2.75) is 38.1 Å². The molecule has 1 aromatic rings. The van der Waals surface area contributed by atoms with Gasteiger partial charge in [-0.15, -0.1) is 0 Å². The molecule has 0 unspecified atom stereocenters. The molecule has 6 heteroatoms. The Morgan fingerprint density at radius 1 is 1.37 bits per heavy atom. The summed E-state index contributed by atoms with van der Waals surface area (Å²) in [6, 6.07) is 4.89. The number of sulfonamides is 1. The van der Waals surface area contributed by atoms with E-state index < -0.39 is 10.0 Å². The predicted molar refractivity (Wildman–Crippen MR) is 73.6 cm³/mol. The normalized spacial score (nSPS) is 14.8. The fraction of sp³-hybridized carbons (Fsp3) is 0.462. The van der Waals surface area contributed by atoms with Gasteiger partial charge in [0.2, 0.25) is 15.9 Å². The Bertz CT molecular complexity index is 608. The van der Waals surface area contributed by atoms with Crippen molar-refractivity contribution in [3.05, 3.63) is 23.8 Å². The summed E-state index contributed by atoms with van der Waals surface area (Å²) in [4.78, 5) is 13.4. The first-order valence-corrected chi connectivity index (χ1v) is 7.73. The van der Waals surface area contributed by atoms with Crippen LogP contribution in [0.3, 0.4) is 0 Å². The Labute approximate surface area is 113 Å². The summed E-state index contributed by atoms with van der Waals surface area (Å²) < 4.78 is 27.1. The van der Waals surface area contributed by atoms with Crippen molar-refractivity contribution in [2.75, 3.05) is 11.4 Å². The highest BCUT2D eigenvalue weighted by Gasteiger charge is 2.29. The van der Waals surface area contributed by atoms with Crippen LogP contribution in [0.15, 0.2) is 23.1 Å². The van der Waals surface area contributed by atoms with Crippen molar-refractivity contribution in [3.8, 4) is 0 Å². The van der Waals surface area contributed by atoms with Crippen molar-refractivity contribution in [3.63, 3.8) is 0 Å². The molecule has 1 aliphatic rings. The van der Waals surface area contributed by atoms with E-state index in [2.05, 4.69) is 4.72 Å². The maximum Gasteiger partial charge on any atom is 0.241 e. The van der Waals surface area contributed by atoms with E-state index in [1.54, 1.807) is 36.9 Å². The maximum atomic E-state index is 12.3. The zero-order valence-electron chi connectivity index (χ0n) is 11.3. The molecular formula is C13H18N2O3S. The molecule has 0 saturated heterocycles. The van der Waals surface area contributed by atoms with Crippen LogP contribution in [0.5, 0.6) is 0 Å². The number of fused-ring (bicyclic) bond motifs is 1. The van der Waals surface area contributed by atoms with E-state index >= 15 is 0 Å². The number of amides is 1. The topological polar surface area (TPSA) is 66.5 Å². The summed E-state index contributed by atoms with van der Waals surface area (Å²) in [6.07, 6.45) is 0.574. The molecule has 1 amide bonds. The number of hydrogen-bond donors (Lipinski definition) is 1. The molecule has 0 aromatic heterocycles. The predicted octanol–water partition coefficient (Wildman–Crippen LogP) is 1.28. The average Bonchev–Trinajstić information content (AvgIpc) is 2.70. The minimum absolute atomic E-state index is 0.0647. The minimum Gasteiger partial charge on any atom is -0.312 e. The van der Waals surface area contributed by atoms with Crippen LogP contribution >= 0.6 is 0 Å². The molecule has 0 atom stereocenters. The highest BCUT2D eigenvalue weighted by molar-refractivity contribution is 7.89. The highest BCUT2D eigenvalue weighted by Crippen LogP contribution is 2.33. The molecule has 0 spiro atoms. The summed E-state index contributed by atoms with van der Waals surface area (Å²) in [5, 5.41) is 0. The Morgan fingerprint density at radius 3 is 2.63 bits per heavy atom. The largest absolute Gasteiger partial charge is 0.312 e. The third kappa shape index (κ3) is 2.64. The Kier molecular flexibility index (Phi) is 3.64. The summed E-state index contributed by atoms with van der Waals surface area (Å²) in [6.45, 7) is 5.59. The van der Waals surface area contributed by atoms with Crippen LogP contribution < -0.4 is 9.62 Å². The Balaban J connectivity index is 2.49. The van der Waals surface area contributed by atoms with Gasteiger partial charge in [-0.05, 0) is 38.0 Å². The Morgan fingerprint density at radius 2 is 2.05 bits per heavy atom. The van der Waals surface area contributed by atoms with Gasteiger partial charge in [0.15, 0.2) is 0 Å². The maximum absolute atomic E-state index is 12.3. The lowest BCUT2D eigenvalue weighted by molar-refractivity contribution is -0.116. The monoisotopic (exact) mass is 282 g/mol. The lowest BCUT2D eigenvalue weighted by atomic mass is 10.2. The van der Waals surface area contributed by atoms with Crippen molar-refractivity contribution in [1.29, 1.82) is 0 Å². The second-order valence-electron chi connectivity index (χ2n) is 4.95. The average molecular weight is 282 g/mol. The lowest BCUT2D eigenvalue weighted by Crippen LogP contribution is -2.30. The van der Waals surface area contributed by atoms with Crippen LogP contribution in [0.4, 0.5) is 5.69 Å². The van der Waals surface area contributed by atoms with E-state index in [0.717, 1.165) is 5.56 Å². The van der Waals surface area contributed by atoms with E-state index in [4.69, 9.17) is 0 Å². The second kappa shape index (κ2) is 4.94. The third-order valence-electron chi connectivity index (χ3n) is 3.04. The molecule has 0 fully saturated rings. The number of benzene rings is 1. The molecular weight excluding hydrogens is 264 g/mol. The van der Waals surface area contributed by atoms with Gasteiger partial charge in [0, 0.05) is 25.2 Å². The van der Waals surface area contributed by atoms with Gasteiger partial charge >= 0.3 is 0 Å². The standard InChI is InChI=1S/C13H18N2O3S/c1-9(2)14-19(17,18)13-6-4-5-12-11(13)7-8-15(12)10(3)16/h4-6,9,14H,7-8H2,1-3H3. The number of anilines is 1. The van der Waals surface area contributed by atoms with Crippen LogP contribution in [-0.2, 0) is 21.2 Å². The van der Waals surface area contributed by atoms with E-state index in [9.17, 15) is 13.2 Å². The minimum atomic E-state index is -3.52. The number of rotatable bonds is 3. The number of nitrogens with zero attached hydrogens (tertiary/aromatic N) is 1. The van der Waals surface area contributed by atoms with Crippen LogP contribution in [0, 0.1) is 0 Å². The van der Waals surface area contributed by atoms with Gasteiger partial charge in [0.05, 0.1) is 4.90 Å². The van der Waals surface area contributed by atoms with Crippen LogP contribution in [0.25, 0.3) is 0 Å². The van der Waals surface area contributed by atoms with Crippen molar-refractivity contribution in [2.24, 2.45) is 0 Å². The van der Waals surface area contributed by atoms with E-state index in [1.165, 1.54) is 6.92 Å². The van der Waals surface area contributed by atoms with Gasteiger partial charge in [-0.1, -0.05) is 6.07 Å². The number of nitrogens with one attached hydrogen (secondary N) is 1. The van der Waals surface area contributed by atoms with Gasteiger partial charge in [0.25, 0.3) is 0 Å². The molecule has 1 N–H and O–H groups in total. The molecule has 5 nitrogen and oxygen atoms in total. The summed E-state index contributed by atoms with van der Waals surface area (Å²) in [5.74, 6) is -0.0647. The van der Waals surface area contributed by atoms with Gasteiger partial charge in [0.1, 0.15) is 0 Å². The van der Waals surface area contributed by atoms with E-state index in [0.29, 0.717) is 18.7 Å². The fourth-order valence-corrected chi connectivity index (χ4v) is 3.89. The number of carbonyl (C=O) groups excluding carboxylic acids is 1. The van der Waals surface area contributed by atoms with Crippen molar-refractivity contribution in [1.82, 2.24) is 4.72 Å². The fourth-order valence-electron chi connectivity index (χ4n) is 2.35. The molecule has 2 rings (SSSR count). The smallest absolute Gasteiger partial charge is 0.241 e. The lowest BCUT2D eigenvalue weighted by Gasteiger charge is -2.16. The van der Waals surface area contributed by atoms with E-state index in [-0.39, 0.29) is 16.8 Å². The number of hydrogen-bond acceptors (Lipinski definition) is 3. The molecule has 19 heavy (non-hydrogen) atoms. The zero-order valence-corrected chi connectivity index (χ0v) is 12.1. The molecule has 0 aliphatic carbocycles. The quantitative estimate of drug-likeness (QED) is 0.908. The first-order chi connectivity index (χ1) is 8.83. The first-order valence-electron chi connectivity index (χ1n) is 6.25. The molecule has 104 valence electrons.